The van der Waals surface area contributed by atoms with Crippen molar-refractivity contribution in [2.75, 3.05) is 0 Å². The van der Waals surface area contributed by atoms with E-state index in [9.17, 15) is 5.26 Å². The molecule has 4 nitrogen and oxygen atoms in total. The second-order valence-electron chi connectivity index (χ2n) is 5.46. The number of hydrogen-bond donors (Lipinski definition) is 0. The number of hydrogen-bond acceptors (Lipinski definition) is 3. The van der Waals surface area contributed by atoms with E-state index in [1.165, 1.54) is 0 Å². The maximum atomic E-state index is 9.33. The van der Waals surface area contributed by atoms with Gasteiger partial charge in [0.25, 0.3) is 0 Å². The molecular formula is C19H17Cl2N3O. The molecule has 1 atom stereocenters. The van der Waals surface area contributed by atoms with Gasteiger partial charge in [0, 0.05) is 29.5 Å². The van der Waals surface area contributed by atoms with Crippen LogP contribution in [0.3, 0.4) is 0 Å². The molecule has 1 heterocycles. The van der Waals surface area contributed by atoms with Crippen molar-refractivity contribution < 1.29 is 4.74 Å². The lowest BCUT2D eigenvalue weighted by Crippen LogP contribution is -2.06. The fourth-order valence-electron chi connectivity index (χ4n) is 2.50. The number of imidazole rings is 1. The average molecular weight is 374 g/mol. The van der Waals surface area contributed by atoms with Gasteiger partial charge in [-0.05, 0) is 30.7 Å². The van der Waals surface area contributed by atoms with Crippen LogP contribution in [0.1, 0.15) is 29.7 Å². The third-order valence-corrected chi connectivity index (χ3v) is 4.08. The Labute approximate surface area is 158 Å². The highest BCUT2D eigenvalue weighted by molar-refractivity contribution is 6.31. The summed E-state index contributed by atoms with van der Waals surface area (Å²) in [6.45, 7) is 2.59. The van der Waals surface area contributed by atoms with Crippen molar-refractivity contribution in [3.8, 4) is 11.8 Å². The zero-order valence-corrected chi connectivity index (χ0v) is 15.2. The van der Waals surface area contributed by atoms with Gasteiger partial charge in [-0.2, -0.15) is 5.26 Å². The maximum Gasteiger partial charge on any atom is 0.138 e. The molecule has 3 rings (SSSR count). The van der Waals surface area contributed by atoms with E-state index in [0.717, 1.165) is 11.1 Å². The molecule has 0 aliphatic carbocycles. The molecule has 0 saturated heterocycles. The van der Waals surface area contributed by atoms with Crippen LogP contribution in [0, 0.1) is 11.3 Å². The molecule has 0 aliphatic heterocycles. The molecule has 1 aromatic heterocycles. The van der Waals surface area contributed by atoms with Gasteiger partial charge in [-0.1, -0.05) is 35.9 Å². The third kappa shape index (κ3) is 4.54. The van der Waals surface area contributed by atoms with Crippen molar-refractivity contribution in [3.63, 3.8) is 0 Å². The summed E-state index contributed by atoms with van der Waals surface area (Å²) in [6, 6.07) is 15.3. The van der Waals surface area contributed by atoms with E-state index in [1.54, 1.807) is 18.6 Å². The van der Waals surface area contributed by atoms with Crippen molar-refractivity contribution in [1.29, 1.82) is 5.26 Å². The summed E-state index contributed by atoms with van der Waals surface area (Å²) in [5.74, 6) is 0.558. The highest BCUT2D eigenvalue weighted by Gasteiger charge is 2.14. The summed E-state index contributed by atoms with van der Waals surface area (Å²) >= 11 is 6.23. The van der Waals surface area contributed by atoms with Crippen LogP contribution in [0.15, 0.2) is 61.2 Å². The molecule has 1 unspecified atom stereocenters. The lowest BCUT2D eigenvalue weighted by molar-refractivity contribution is 0.226. The van der Waals surface area contributed by atoms with E-state index >= 15 is 0 Å². The summed E-state index contributed by atoms with van der Waals surface area (Å²) in [5, 5.41) is 9.98. The quantitative estimate of drug-likeness (QED) is 0.630. The van der Waals surface area contributed by atoms with E-state index in [-0.39, 0.29) is 18.5 Å². The first kappa shape index (κ1) is 18.9. The summed E-state index contributed by atoms with van der Waals surface area (Å²) in [5.41, 5.74) is 2.43. The molecule has 128 valence electrons. The fraction of sp³-hybridized carbons (Fsp3) is 0.158. The number of nitrogens with zero attached hydrogens (tertiary/aromatic N) is 3. The van der Waals surface area contributed by atoms with Gasteiger partial charge in [-0.15, -0.1) is 12.4 Å². The van der Waals surface area contributed by atoms with Gasteiger partial charge in [0.05, 0.1) is 11.9 Å². The van der Waals surface area contributed by atoms with Crippen molar-refractivity contribution >= 4 is 24.0 Å². The van der Waals surface area contributed by atoms with Crippen LogP contribution in [-0.4, -0.2) is 9.55 Å². The number of halogens is 2. The molecule has 0 N–H and O–H groups in total. The van der Waals surface area contributed by atoms with Gasteiger partial charge >= 0.3 is 0 Å². The van der Waals surface area contributed by atoms with Crippen molar-refractivity contribution in [1.82, 2.24) is 9.55 Å². The van der Waals surface area contributed by atoms with E-state index in [1.807, 2.05) is 54.1 Å². The average Bonchev–Trinajstić information content (AvgIpc) is 3.08. The van der Waals surface area contributed by atoms with E-state index in [0.29, 0.717) is 22.9 Å². The second kappa shape index (κ2) is 8.57. The minimum atomic E-state index is -0.255. The van der Waals surface area contributed by atoms with Crippen LogP contribution >= 0.6 is 24.0 Å². The predicted molar refractivity (Wildman–Crippen MR) is 100 cm³/mol. The Balaban J connectivity index is 0.00000225. The topological polar surface area (TPSA) is 50.8 Å². The Bertz CT molecular complexity index is 873. The van der Waals surface area contributed by atoms with Crippen molar-refractivity contribution in [3.05, 3.63) is 82.9 Å². The monoisotopic (exact) mass is 373 g/mol. The first-order valence-electron chi connectivity index (χ1n) is 7.57. The zero-order chi connectivity index (χ0) is 16.9. The summed E-state index contributed by atoms with van der Waals surface area (Å²) in [7, 11) is 0. The fourth-order valence-corrected chi connectivity index (χ4v) is 2.79. The smallest absolute Gasteiger partial charge is 0.138 e. The minimum Gasteiger partial charge on any atom is -0.485 e. The third-order valence-electron chi connectivity index (χ3n) is 3.74. The van der Waals surface area contributed by atoms with E-state index in [4.69, 9.17) is 16.3 Å². The van der Waals surface area contributed by atoms with Crippen LogP contribution < -0.4 is 4.74 Å². The first-order valence-corrected chi connectivity index (χ1v) is 7.95. The lowest BCUT2D eigenvalue weighted by Gasteiger charge is -2.18. The molecule has 0 bridgehead atoms. The Morgan fingerprint density at radius 1 is 1.28 bits per heavy atom. The second-order valence-corrected chi connectivity index (χ2v) is 5.87. The molecule has 0 saturated carbocycles. The van der Waals surface area contributed by atoms with Gasteiger partial charge in [0.2, 0.25) is 0 Å². The molecule has 25 heavy (non-hydrogen) atoms. The number of benzene rings is 2. The zero-order valence-electron chi connectivity index (χ0n) is 13.6. The Morgan fingerprint density at radius 2 is 2.08 bits per heavy atom. The number of nitriles is 1. The van der Waals surface area contributed by atoms with Crippen molar-refractivity contribution in [2.24, 2.45) is 0 Å². The molecule has 0 amide bonds. The van der Waals surface area contributed by atoms with Crippen LogP contribution in [0.25, 0.3) is 0 Å². The summed E-state index contributed by atoms with van der Waals surface area (Å²) in [4.78, 5) is 4.04. The molecule has 0 radical (unpaired) electrons. The van der Waals surface area contributed by atoms with Gasteiger partial charge in [0.1, 0.15) is 17.9 Å². The maximum absolute atomic E-state index is 9.33. The normalized spacial score (nSPS) is 11.2. The molecule has 2 aromatic carbocycles. The van der Waals surface area contributed by atoms with E-state index < -0.39 is 0 Å². The van der Waals surface area contributed by atoms with Gasteiger partial charge < -0.3 is 9.30 Å². The first-order chi connectivity index (χ1) is 11.7. The van der Waals surface area contributed by atoms with Gasteiger partial charge in [-0.3, -0.25) is 0 Å². The molecule has 6 heteroatoms. The number of ether oxygens (including phenoxy) is 1. The molecule has 0 spiro atoms. The van der Waals surface area contributed by atoms with Crippen LogP contribution in [-0.2, 0) is 6.54 Å². The predicted octanol–water partition coefficient (Wildman–Crippen LogP) is 5.02. The minimum absolute atomic E-state index is 0. The highest BCUT2D eigenvalue weighted by Crippen LogP contribution is 2.29. The molecule has 3 aromatic rings. The van der Waals surface area contributed by atoms with Crippen LogP contribution in [0.4, 0.5) is 0 Å². The largest absolute Gasteiger partial charge is 0.485 e. The van der Waals surface area contributed by atoms with E-state index in [2.05, 4.69) is 11.1 Å². The highest BCUT2D eigenvalue weighted by atomic mass is 35.5. The number of rotatable bonds is 5. The standard InChI is InChI=1S/C19H16ClN3O.ClH/c1-14(17-4-2-3-5-18(17)20)24-19-10-15(6-7-16(19)11-21)12-23-9-8-22-13-23;/h2-10,13-14H,12H2,1H3;1H. The Morgan fingerprint density at radius 3 is 2.76 bits per heavy atom. The molecule has 0 fully saturated rings. The molecular weight excluding hydrogens is 357 g/mol. The van der Waals surface area contributed by atoms with Crippen LogP contribution in [0.2, 0.25) is 5.02 Å². The number of aromatic nitrogens is 2. The SMILES string of the molecule is CC(Oc1cc(Cn2ccnc2)ccc1C#N)c1ccccc1Cl.Cl. The van der Waals surface area contributed by atoms with Gasteiger partial charge in [0.15, 0.2) is 0 Å². The molecule has 0 aliphatic rings. The van der Waals surface area contributed by atoms with Crippen LogP contribution in [0.5, 0.6) is 5.75 Å². The lowest BCUT2D eigenvalue weighted by atomic mass is 10.1. The van der Waals surface area contributed by atoms with Gasteiger partial charge in [-0.25, -0.2) is 4.98 Å². The Hall–Kier alpha value is -2.48. The summed E-state index contributed by atoms with van der Waals surface area (Å²) < 4.78 is 7.99. The van der Waals surface area contributed by atoms with Crippen molar-refractivity contribution in [2.45, 2.75) is 19.6 Å². The summed E-state index contributed by atoms with van der Waals surface area (Å²) in [6.07, 6.45) is 5.13. The Kier molecular flexibility index (Phi) is 6.46.